The summed E-state index contributed by atoms with van der Waals surface area (Å²) in [5.41, 5.74) is 22.8. The van der Waals surface area contributed by atoms with Crippen molar-refractivity contribution in [2.24, 2.45) is 42.3 Å². The number of nitrogens with zero attached hydrogens (tertiary/aromatic N) is 24. The maximum atomic E-state index is 13.2. The highest BCUT2D eigenvalue weighted by molar-refractivity contribution is 7.09. The van der Waals surface area contributed by atoms with E-state index in [9.17, 15) is 19.2 Å². The molecule has 1 aliphatic rings. The summed E-state index contributed by atoms with van der Waals surface area (Å²) in [6.07, 6.45) is 28.7. The van der Waals surface area contributed by atoms with Crippen LogP contribution in [0.3, 0.4) is 0 Å². The third kappa shape index (κ3) is 20.2. The summed E-state index contributed by atoms with van der Waals surface area (Å²) in [5, 5.41) is 32.8. The van der Waals surface area contributed by atoms with Crippen molar-refractivity contribution < 1.29 is 19.2 Å². The van der Waals surface area contributed by atoms with Crippen LogP contribution in [0.1, 0.15) is 97.8 Å². The number of carbonyl (C=O) groups excluding carboxylic acids is 4. The van der Waals surface area contributed by atoms with Gasteiger partial charge in [0.15, 0.2) is 0 Å². The molecule has 39 nitrogen and oxygen atoms in total. The van der Waals surface area contributed by atoms with Gasteiger partial charge in [-0.3, -0.25) is 23.9 Å². The largest absolute Gasteiger partial charge is 0.350 e. The molecule has 0 saturated carbocycles. The van der Waals surface area contributed by atoms with Crippen molar-refractivity contribution in [3.8, 4) is 45.6 Å². The molecule has 0 atom stereocenters. The van der Waals surface area contributed by atoms with Gasteiger partial charge in [-0.15, -0.1) is 11.3 Å². The molecular weight excluding hydrogens is 1720 g/mol. The first-order chi connectivity index (χ1) is 64.8. The number of aromatic nitrogens is 27. The van der Waals surface area contributed by atoms with Gasteiger partial charge in [-0.05, 0) is 167 Å². The summed E-state index contributed by atoms with van der Waals surface area (Å²) >= 11 is 1.54. The first-order valence-corrected chi connectivity index (χ1v) is 43.5. The van der Waals surface area contributed by atoms with Crippen LogP contribution in [0.25, 0.3) is 89.2 Å². The summed E-state index contributed by atoms with van der Waals surface area (Å²) < 4.78 is 13.2. The van der Waals surface area contributed by atoms with Gasteiger partial charge in [-0.25, -0.2) is 74.8 Å². The Morgan fingerprint density at radius 1 is 0.373 bits per heavy atom. The molecule has 21 rings (SSSR count). The Morgan fingerprint density at radius 2 is 0.739 bits per heavy atom. The van der Waals surface area contributed by atoms with E-state index < -0.39 is 0 Å². The van der Waals surface area contributed by atoms with E-state index in [1.807, 2.05) is 257 Å². The van der Waals surface area contributed by atoms with Crippen LogP contribution in [0.4, 0.5) is 46.5 Å². The molecule has 0 unspecified atom stereocenters. The van der Waals surface area contributed by atoms with Crippen molar-refractivity contribution in [1.82, 2.24) is 153 Å². The van der Waals surface area contributed by atoms with Gasteiger partial charge in [0.25, 0.3) is 23.6 Å². The van der Waals surface area contributed by atoms with E-state index in [-0.39, 0.29) is 23.6 Å². The number of aryl methyl sites for hydroxylation is 12. The van der Waals surface area contributed by atoms with E-state index in [0.717, 1.165) is 174 Å². The van der Waals surface area contributed by atoms with Gasteiger partial charge in [-0.1, -0.05) is 0 Å². The Labute approximate surface area is 769 Å². The van der Waals surface area contributed by atoms with Crippen LogP contribution in [0.2, 0.25) is 0 Å². The predicted molar refractivity (Wildman–Crippen MR) is 511 cm³/mol. The molecule has 20 aromatic rings. The van der Waals surface area contributed by atoms with Crippen molar-refractivity contribution in [1.29, 1.82) is 0 Å². The van der Waals surface area contributed by atoms with Crippen molar-refractivity contribution >= 4 is 125 Å². The summed E-state index contributed by atoms with van der Waals surface area (Å²) in [6, 6.07) is 32.6. The molecule has 0 bridgehead atoms. The standard InChI is InChI=1S/C24H23N9O.C24H25N9O.C23H23N9O.C23H22N8OS/c1-15-9-17(28-24-26-4-3-18(30-24)20-12-31(2)14-27-20)10-16-11-19(29-22(15)16)23(34)33-8-7-32-6-5-25-21(32)13-33;1-14-7-17(28-24-25-6-5-19(30-24)21-12-32(3)13-27-21)9-16-10-20(29-22(14)16)23(34)26-11-18-8-15(2)33(4)31-18;1-14-6-16(28-23-24-5-4-18(30-23)20-11-32(3)13-27-20)7-15-8-19(29-21(14)15)22(33)25-9-17-10-31(2)12-26-17;1-13-6-16(28-23-24-5-4-17(30-23)19-10-31(3)12-26-19)7-15-8-18(29-21(13)15)22(32)25-9-20-27-14(2)11-33-20/h3-6,9-12,14,29H,7-8,13H2,1-2H3,(H,26,28,30);5-10,12-13,29H,11H2,1-4H3,(H,26,34)(H,25,28,30);4-8,10-13,29H,9H2,1-3H3,(H,25,33)(H,24,28,30);4-8,10-12,29H,9H2,1-3H3,(H,25,32)(H,24,28,30). The number of H-pyrrole nitrogens is 4. The quantitative estimate of drug-likeness (QED) is 0.0300. The van der Waals surface area contributed by atoms with Crippen molar-refractivity contribution in [2.45, 2.75) is 74.3 Å². The van der Waals surface area contributed by atoms with E-state index in [1.54, 1.807) is 67.3 Å². The van der Waals surface area contributed by atoms with E-state index in [4.69, 9.17) is 0 Å². The highest BCUT2D eigenvalue weighted by Gasteiger charge is 2.26. The molecule has 134 heavy (non-hydrogen) atoms. The van der Waals surface area contributed by atoms with Crippen LogP contribution in [0, 0.1) is 41.5 Å². The molecule has 0 fully saturated rings. The first kappa shape index (κ1) is 87.2. The van der Waals surface area contributed by atoms with Crippen molar-refractivity contribution in [3.05, 3.63) is 287 Å². The fraction of sp³-hybridized carbons (Fsp3) is 0.191. The lowest BCUT2D eigenvalue weighted by atomic mass is 10.1. The summed E-state index contributed by atoms with van der Waals surface area (Å²) in [4.78, 5) is 132. The molecule has 40 heteroatoms. The number of anilines is 8. The Hall–Kier alpha value is -17.5. The minimum Gasteiger partial charge on any atom is -0.350 e. The molecule has 0 aliphatic carbocycles. The third-order valence-electron chi connectivity index (χ3n) is 22.1. The number of aromatic amines is 4. The van der Waals surface area contributed by atoms with Gasteiger partial charge in [0.1, 0.15) is 56.4 Å². The number of amides is 4. The summed E-state index contributed by atoms with van der Waals surface area (Å²) in [6.45, 7) is 15.0. The number of carbonyl (C=O) groups is 4. The predicted octanol–water partition coefficient (Wildman–Crippen LogP) is 13.8. The third-order valence-corrected chi connectivity index (χ3v) is 23.0. The maximum absolute atomic E-state index is 13.2. The lowest BCUT2D eigenvalue weighted by Gasteiger charge is -2.27. The topological polar surface area (TPSA) is 460 Å². The zero-order valence-electron chi connectivity index (χ0n) is 75.1. The van der Waals surface area contributed by atoms with Crippen LogP contribution in [0.5, 0.6) is 0 Å². The Balaban J connectivity index is 0.000000119. The van der Waals surface area contributed by atoms with Gasteiger partial charge in [0.2, 0.25) is 23.8 Å². The number of hydrogen-bond acceptors (Lipinski definition) is 25. The van der Waals surface area contributed by atoms with Gasteiger partial charge in [-0.2, -0.15) is 5.10 Å². The van der Waals surface area contributed by atoms with Gasteiger partial charge >= 0.3 is 0 Å². The second-order valence-electron chi connectivity index (χ2n) is 32.6. The second-order valence-corrected chi connectivity index (χ2v) is 33.6. The van der Waals surface area contributed by atoms with E-state index >= 15 is 0 Å². The fourth-order valence-corrected chi connectivity index (χ4v) is 16.2. The smallest absolute Gasteiger partial charge is 0.270 e. The zero-order chi connectivity index (χ0) is 93.0. The molecular formula is C94H93N35O4S. The number of fused-ring (bicyclic) bond motifs is 5. The Bertz CT molecular complexity index is 7520. The number of nitrogens with one attached hydrogen (secondary N) is 11. The molecule has 16 aromatic heterocycles. The highest BCUT2D eigenvalue weighted by atomic mass is 32.1. The summed E-state index contributed by atoms with van der Waals surface area (Å²) in [7, 11) is 11.4. The molecule has 11 N–H and O–H groups in total. The van der Waals surface area contributed by atoms with Crippen LogP contribution < -0.4 is 37.2 Å². The molecule has 674 valence electrons. The lowest BCUT2D eigenvalue weighted by molar-refractivity contribution is 0.0702. The van der Waals surface area contributed by atoms with Crippen molar-refractivity contribution in [3.63, 3.8) is 0 Å². The van der Waals surface area contributed by atoms with E-state index in [1.165, 1.54) is 11.3 Å². The maximum Gasteiger partial charge on any atom is 0.270 e. The van der Waals surface area contributed by atoms with Crippen LogP contribution >= 0.6 is 11.3 Å². The average Bonchev–Trinajstić information content (AvgIpc) is 1.67. The minimum absolute atomic E-state index is 0.0224. The first-order valence-electron chi connectivity index (χ1n) is 42.7. The van der Waals surface area contributed by atoms with Crippen molar-refractivity contribution in [2.75, 3.05) is 27.8 Å². The van der Waals surface area contributed by atoms with Gasteiger partial charge in [0.05, 0.1) is 92.0 Å². The SMILES string of the molecule is Cc1cc(Nc2nccc(-c3cn(C)cn3)n2)cc2cc(C(=O)N3CCn4ccnc4C3)[nH]c12.Cc1cc(Nc2nccc(-c3cn(C)cn3)n2)cc2cc(C(=O)NCc3cc(C)n(C)n3)[nH]c12.Cc1cc(Nc2nccc(-c3cn(C)cn3)n2)cc2cc(C(=O)NCc3cn(C)cn3)[nH]c12.Cc1csc(CNC(=O)c2cc3cc(Nc4nccc(-c5cn(C)cn5)n4)cc(C)c3[nH]2)n1. The second kappa shape index (κ2) is 37.7. The van der Waals surface area contributed by atoms with E-state index in [2.05, 4.69) is 142 Å². The monoisotopic (exact) mass is 1810 g/mol. The minimum atomic E-state index is -0.183. The Kier molecular flexibility index (Phi) is 24.5. The van der Waals surface area contributed by atoms with Crippen LogP contribution in [-0.2, 0) is 75.0 Å². The van der Waals surface area contributed by atoms with Gasteiger partial charge < -0.3 is 89.5 Å². The molecule has 0 saturated heterocycles. The van der Waals surface area contributed by atoms with Crippen LogP contribution in [-0.4, -0.2) is 167 Å². The number of rotatable bonds is 22. The molecule has 4 aromatic carbocycles. The number of thiazole rings is 1. The fourth-order valence-electron chi connectivity index (χ4n) is 15.5. The molecule has 0 radical (unpaired) electrons. The van der Waals surface area contributed by atoms with Crippen LogP contribution in [0.15, 0.2) is 208 Å². The average molecular weight is 1810 g/mol. The summed E-state index contributed by atoms with van der Waals surface area (Å²) in [5.74, 6) is 2.26. The molecule has 0 spiro atoms. The number of benzene rings is 4. The molecule has 4 amide bonds. The Morgan fingerprint density at radius 3 is 1.09 bits per heavy atom. The highest BCUT2D eigenvalue weighted by Crippen LogP contribution is 2.33. The van der Waals surface area contributed by atoms with E-state index in [0.29, 0.717) is 79.3 Å². The molecule has 1 aliphatic heterocycles. The molecule has 17 heterocycles. The number of imidazole rings is 6. The lowest BCUT2D eigenvalue weighted by Crippen LogP contribution is -2.38. The van der Waals surface area contributed by atoms with Gasteiger partial charge in [0, 0.05) is 207 Å². The number of hydrogen-bond donors (Lipinski definition) is 11. The normalized spacial score (nSPS) is 11.7. The zero-order valence-corrected chi connectivity index (χ0v) is 76.0.